The van der Waals surface area contributed by atoms with E-state index in [-0.39, 0.29) is 0 Å². The van der Waals surface area contributed by atoms with Crippen LogP contribution in [0.25, 0.3) is 0 Å². The Labute approximate surface area is 89.4 Å². The molecule has 0 bridgehead atoms. The molecule has 72 valence electrons. The molecule has 0 aliphatic heterocycles. The van der Waals surface area contributed by atoms with Gasteiger partial charge in [-0.2, -0.15) is 0 Å². The van der Waals surface area contributed by atoms with Gasteiger partial charge in [0.05, 0.1) is 12.2 Å². The topological polar surface area (TPSA) is 9.23 Å². The largest absolute Gasteiger partial charge is 0.374 e. The van der Waals surface area contributed by atoms with Crippen LogP contribution in [0.1, 0.15) is 46.0 Å². The van der Waals surface area contributed by atoms with Gasteiger partial charge in [-0.1, -0.05) is 42.4 Å². The molecule has 2 heteroatoms. The van der Waals surface area contributed by atoms with E-state index >= 15 is 0 Å². The average Bonchev–Trinajstić information content (AvgIpc) is 2.09. The summed E-state index contributed by atoms with van der Waals surface area (Å²) in [5.41, 5.74) is 0. The van der Waals surface area contributed by atoms with E-state index in [1.54, 1.807) is 0 Å². The fourth-order valence-corrected chi connectivity index (χ4v) is 2.57. The van der Waals surface area contributed by atoms with Crippen LogP contribution in [-0.2, 0) is 4.74 Å². The standard InChI is InChI=1S/C10H19IO/c1-3-8(2)12-10-7-5-4-6-9(10)11/h8-10H,3-7H2,1-2H3. The van der Waals surface area contributed by atoms with E-state index in [4.69, 9.17) is 4.74 Å². The Balaban J connectivity index is 2.28. The number of halogens is 1. The summed E-state index contributed by atoms with van der Waals surface area (Å²) in [7, 11) is 0. The predicted octanol–water partition coefficient (Wildman–Crippen LogP) is 3.55. The fraction of sp³-hybridized carbons (Fsp3) is 1.00. The normalized spacial score (nSPS) is 33.2. The number of alkyl halides is 1. The van der Waals surface area contributed by atoms with Crippen molar-refractivity contribution in [2.24, 2.45) is 0 Å². The van der Waals surface area contributed by atoms with Crippen molar-refractivity contribution >= 4 is 22.6 Å². The summed E-state index contributed by atoms with van der Waals surface area (Å²) in [4.78, 5) is 0. The Bertz CT molecular complexity index is 127. The second-order valence-electron chi connectivity index (χ2n) is 3.69. The molecule has 0 aromatic carbocycles. The van der Waals surface area contributed by atoms with Crippen molar-refractivity contribution in [2.75, 3.05) is 0 Å². The lowest BCUT2D eigenvalue weighted by atomic mass is 9.97. The lowest BCUT2D eigenvalue weighted by Crippen LogP contribution is -2.30. The van der Waals surface area contributed by atoms with Crippen LogP contribution in [0, 0.1) is 0 Å². The van der Waals surface area contributed by atoms with E-state index in [1.165, 1.54) is 25.7 Å². The molecule has 0 spiro atoms. The second kappa shape index (κ2) is 5.43. The van der Waals surface area contributed by atoms with Crippen LogP contribution in [0.2, 0.25) is 0 Å². The summed E-state index contributed by atoms with van der Waals surface area (Å²) < 4.78 is 6.70. The van der Waals surface area contributed by atoms with Gasteiger partial charge in [0.25, 0.3) is 0 Å². The average molecular weight is 282 g/mol. The molecule has 3 atom stereocenters. The lowest BCUT2D eigenvalue weighted by molar-refractivity contribution is -0.0156. The second-order valence-corrected chi connectivity index (χ2v) is 5.29. The van der Waals surface area contributed by atoms with E-state index in [1.807, 2.05) is 0 Å². The monoisotopic (exact) mass is 282 g/mol. The number of hydrogen-bond donors (Lipinski definition) is 0. The Kier molecular flexibility index (Phi) is 4.87. The van der Waals surface area contributed by atoms with Crippen molar-refractivity contribution in [1.29, 1.82) is 0 Å². The lowest BCUT2D eigenvalue weighted by Gasteiger charge is -2.29. The van der Waals surface area contributed by atoms with Crippen molar-refractivity contribution in [2.45, 2.75) is 62.1 Å². The van der Waals surface area contributed by atoms with Crippen molar-refractivity contribution < 1.29 is 4.74 Å². The molecule has 0 N–H and O–H groups in total. The van der Waals surface area contributed by atoms with Gasteiger partial charge < -0.3 is 4.74 Å². The molecule has 12 heavy (non-hydrogen) atoms. The Hall–Kier alpha value is 0.690. The SMILES string of the molecule is CCC(C)OC1CCCCC1I. The third kappa shape index (κ3) is 3.21. The van der Waals surface area contributed by atoms with E-state index in [0.29, 0.717) is 12.2 Å². The quantitative estimate of drug-likeness (QED) is 0.568. The first-order valence-electron chi connectivity index (χ1n) is 5.03. The van der Waals surface area contributed by atoms with Crippen LogP contribution in [0.15, 0.2) is 0 Å². The van der Waals surface area contributed by atoms with Gasteiger partial charge in [-0.15, -0.1) is 0 Å². The van der Waals surface area contributed by atoms with Gasteiger partial charge in [0.15, 0.2) is 0 Å². The third-order valence-corrected chi connectivity index (χ3v) is 4.03. The number of hydrogen-bond acceptors (Lipinski definition) is 1. The van der Waals surface area contributed by atoms with Gasteiger partial charge in [0, 0.05) is 3.92 Å². The molecule has 0 heterocycles. The summed E-state index contributed by atoms with van der Waals surface area (Å²) in [6.45, 7) is 4.37. The van der Waals surface area contributed by atoms with Gasteiger partial charge >= 0.3 is 0 Å². The molecule has 1 rings (SSSR count). The zero-order valence-corrected chi connectivity index (χ0v) is 10.2. The highest BCUT2D eigenvalue weighted by Crippen LogP contribution is 2.28. The zero-order chi connectivity index (χ0) is 8.97. The van der Waals surface area contributed by atoms with Crippen LogP contribution < -0.4 is 0 Å². The summed E-state index contributed by atoms with van der Waals surface area (Å²) in [5, 5.41) is 0. The van der Waals surface area contributed by atoms with Gasteiger partial charge in [-0.25, -0.2) is 0 Å². The summed E-state index contributed by atoms with van der Waals surface area (Å²) in [6, 6.07) is 0. The molecule has 1 fully saturated rings. The molecule has 0 saturated heterocycles. The van der Waals surface area contributed by atoms with Gasteiger partial charge in [-0.05, 0) is 26.2 Å². The Morgan fingerprint density at radius 1 is 1.42 bits per heavy atom. The molecule has 1 nitrogen and oxygen atoms in total. The predicted molar refractivity (Wildman–Crippen MR) is 60.9 cm³/mol. The minimum Gasteiger partial charge on any atom is -0.374 e. The molecule has 0 radical (unpaired) electrons. The number of rotatable bonds is 3. The van der Waals surface area contributed by atoms with Gasteiger partial charge in [0.1, 0.15) is 0 Å². The molecule has 1 aliphatic carbocycles. The number of ether oxygens (including phenoxy) is 1. The fourth-order valence-electron chi connectivity index (χ4n) is 1.60. The summed E-state index contributed by atoms with van der Waals surface area (Å²) in [5.74, 6) is 0. The van der Waals surface area contributed by atoms with E-state index in [9.17, 15) is 0 Å². The first-order chi connectivity index (χ1) is 5.74. The van der Waals surface area contributed by atoms with E-state index in [2.05, 4.69) is 36.4 Å². The van der Waals surface area contributed by atoms with Crippen molar-refractivity contribution in [3.8, 4) is 0 Å². The van der Waals surface area contributed by atoms with Crippen LogP contribution in [-0.4, -0.2) is 16.1 Å². The molecule has 0 aromatic rings. The van der Waals surface area contributed by atoms with Crippen molar-refractivity contribution in [1.82, 2.24) is 0 Å². The molecule has 1 aliphatic rings. The Morgan fingerprint density at radius 3 is 2.67 bits per heavy atom. The molecule has 0 aromatic heterocycles. The van der Waals surface area contributed by atoms with E-state index < -0.39 is 0 Å². The van der Waals surface area contributed by atoms with Crippen LogP contribution in [0.4, 0.5) is 0 Å². The van der Waals surface area contributed by atoms with Crippen LogP contribution in [0.5, 0.6) is 0 Å². The van der Waals surface area contributed by atoms with Crippen LogP contribution >= 0.6 is 22.6 Å². The molecule has 3 unspecified atom stereocenters. The molecule has 1 saturated carbocycles. The van der Waals surface area contributed by atoms with E-state index in [0.717, 1.165) is 10.3 Å². The first-order valence-corrected chi connectivity index (χ1v) is 6.28. The van der Waals surface area contributed by atoms with Gasteiger partial charge in [0.2, 0.25) is 0 Å². The highest BCUT2D eigenvalue weighted by Gasteiger charge is 2.24. The highest BCUT2D eigenvalue weighted by molar-refractivity contribution is 14.1. The smallest absolute Gasteiger partial charge is 0.0696 e. The molecular formula is C10H19IO. The van der Waals surface area contributed by atoms with Crippen molar-refractivity contribution in [3.63, 3.8) is 0 Å². The Morgan fingerprint density at radius 2 is 2.08 bits per heavy atom. The maximum atomic E-state index is 5.95. The zero-order valence-electron chi connectivity index (χ0n) is 8.05. The highest BCUT2D eigenvalue weighted by atomic mass is 127. The molecular weight excluding hydrogens is 263 g/mol. The maximum absolute atomic E-state index is 5.95. The van der Waals surface area contributed by atoms with Crippen LogP contribution in [0.3, 0.4) is 0 Å². The third-order valence-electron chi connectivity index (χ3n) is 2.60. The maximum Gasteiger partial charge on any atom is 0.0696 e. The summed E-state index contributed by atoms with van der Waals surface area (Å²) >= 11 is 2.54. The minimum absolute atomic E-state index is 0.449. The van der Waals surface area contributed by atoms with Gasteiger partial charge in [-0.3, -0.25) is 0 Å². The minimum atomic E-state index is 0.449. The first kappa shape index (κ1) is 10.8. The molecule has 0 amide bonds. The summed E-state index contributed by atoms with van der Waals surface area (Å²) in [6.07, 6.45) is 7.51. The van der Waals surface area contributed by atoms with Crippen molar-refractivity contribution in [3.05, 3.63) is 0 Å².